The summed E-state index contributed by atoms with van der Waals surface area (Å²) in [4.78, 5) is 0. The zero-order chi connectivity index (χ0) is 13.1. The maximum absolute atomic E-state index is 13.3. The van der Waals surface area contributed by atoms with Gasteiger partial charge in [-0.05, 0) is 61.7 Å². The second kappa shape index (κ2) is 6.04. The normalized spacial score (nSPS) is 10.4. The van der Waals surface area contributed by atoms with Gasteiger partial charge in [0, 0.05) is 16.7 Å². The lowest BCUT2D eigenvalue weighted by Crippen LogP contribution is -2.01. The molecule has 2 aromatic rings. The van der Waals surface area contributed by atoms with Gasteiger partial charge in [-0.1, -0.05) is 23.7 Å². The van der Waals surface area contributed by atoms with Crippen molar-refractivity contribution in [3.8, 4) is 0 Å². The van der Waals surface area contributed by atoms with Crippen LogP contribution in [-0.2, 0) is 6.54 Å². The molecule has 0 amide bonds. The highest BCUT2D eigenvalue weighted by atomic mass is 79.9. The first-order valence-corrected chi connectivity index (χ1v) is 7.16. The van der Waals surface area contributed by atoms with Crippen molar-refractivity contribution in [1.82, 2.24) is 0 Å². The molecule has 0 radical (unpaired) electrons. The van der Waals surface area contributed by atoms with Gasteiger partial charge in [0.25, 0.3) is 0 Å². The van der Waals surface area contributed by atoms with Crippen LogP contribution >= 0.6 is 43.5 Å². The van der Waals surface area contributed by atoms with E-state index in [1.807, 2.05) is 18.2 Å². The van der Waals surface area contributed by atoms with E-state index >= 15 is 0 Å². The quantitative estimate of drug-likeness (QED) is 0.714. The summed E-state index contributed by atoms with van der Waals surface area (Å²) in [6, 6.07) is 10.5. The summed E-state index contributed by atoms with van der Waals surface area (Å²) in [5.41, 5.74) is 1.78. The van der Waals surface area contributed by atoms with Gasteiger partial charge in [0.05, 0.1) is 9.50 Å². The first kappa shape index (κ1) is 13.8. The van der Waals surface area contributed by atoms with E-state index in [1.54, 1.807) is 12.1 Å². The van der Waals surface area contributed by atoms with Crippen molar-refractivity contribution in [3.63, 3.8) is 0 Å². The molecule has 0 saturated heterocycles. The lowest BCUT2D eigenvalue weighted by molar-refractivity contribution is 0.618. The molecule has 0 aromatic heterocycles. The van der Waals surface area contributed by atoms with E-state index in [4.69, 9.17) is 11.6 Å². The minimum absolute atomic E-state index is 0.258. The molecule has 0 aliphatic rings. The van der Waals surface area contributed by atoms with Gasteiger partial charge in [-0.3, -0.25) is 0 Å². The Morgan fingerprint density at radius 3 is 2.67 bits per heavy atom. The van der Waals surface area contributed by atoms with E-state index in [-0.39, 0.29) is 5.82 Å². The fourth-order valence-electron chi connectivity index (χ4n) is 1.49. The summed E-state index contributed by atoms with van der Waals surface area (Å²) in [6.07, 6.45) is 0. The summed E-state index contributed by atoms with van der Waals surface area (Å²) in [5.74, 6) is -0.258. The third-order valence-corrected chi connectivity index (χ3v) is 4.54. The van der Waals surface area contributed by atoms with Gasteiger partial charge in [0.1, 0.15) is 5.82 Å². The van der Waals surface area contributed by atoms with Crippen molar-refractivity contribution in [2.24, 2.45) is 0 Å². The van der Waals surface area contributed by atoms with Crippen molar-refractivity contribution in [3.05, 3.63) is 61.7 Å². The van der Waals surface area contributed by atoms with E-state index in [0.29, 0.717) is 16.0 Å². The number of rotatable bonds is 3. The third kappa shape index (κ3) is 3.25. The predicted octanol–water partition coefficient (Wildman–Crippen LogP) is 5.62. The maximum Gasteiger partial charge on any atom is 0.137 e. The highest BCUT2D eigenvalue weighted by Gasteiger charge is 2.05. The molecule has 1 nitrogen and oxygen atoms in total. The van der Waals surface area contributed by atoms with Crippen LogP contribution in [0.3, 0.4) is 0 Å². The highest BCUT2D eigenvalue weighted by Crippen LogP contribution is 2.26. The largest absolute Gasteiger partial charge is 0.381 e. The van der Waals surface area contributed by atoms with Crippen LogP contribution in [0.4, 0.5) is 10.1 Å². The van der Waals surface area contributed by atoms with Crippen LogP contribution in [0.15, 0.2) is 45.3 Å². The summed E-state index contributed by atoms with van der Waals surface area (Å²) in [5, 5.41) is 3.87. The van der Waals surface area contributed by atoms with Gasteiger partial charge >= 0.3 is 0 Å². The average Bonchev–Trinajstić information content (AvgIpc) is 2.35. The second-order valence-electron chi connectivity index (χ2n) is 3.70. The van der Waals surface area contributed by atoms with Crippen LogP contribution < -0.4 is 5.32 Å². The van der Waals surface area contributed by atoms with Crippen LogP contribution in [-0.4, -0.2) is 0 Å². The highest BCUT2D eigenvalue weighted by molar-refractivity contribution is 9.10. The molecule has 0 aliphatic carbocycles. The Labute approximate surface area is 127 Å². The summed E-state index contributed by atoms with van der Waals surface area (Å²) in [6.45, 7) is 0.534. The van der Waals surface area contributed by atoms with Crippen molar-refractivity contribution in [2.75, 3.05) is 5.32 Å². The molecule has 0 spiro atoms. The number of halogens is 4. The SMILES string of the molecule is Fc1cccc(CNc2ccc(Cl)c(Br)c2)c1Br. The molecule has 0 atom stereocenters. The molecule has 1 N–H and O–H groups in total. The molecule has 94 valence electrons. The monoisotopic (exact) mass is 391 g/mol. The number of nitrogens with one attached hydrogen (secondary N) is 1. The zero-order valence-electron chi connectivity index (χ0n) is 9.18. The van der Waals surface area contributed by atoms with Crippen molar-refractivity contribution in [2.45, 2.75) is 6.54 Å². The van der Waals surface area contributed by atoms with Crippen LogP contribution in [0.25, 0.3) is 0 Å². The van der Waals surface area contributed by atoms with Crippen molar-refractivity contribution >= 4 is 49.1 Å². The molecule has 0 unspecified atom stereocenters. The number of hydrogen-bond donors (Lipinski definition) is 1. The van der Waals surface area contributed by atoms with Gasteiger partial charge in [-0.2, -0.15) is 0 Å². The van der Waals surface area contributed by atoms with E-state index in [0.717, 1.165) is 15.7 Å². The number of anilines is 1. The van der Waals surface area contributed by atoms with E-state index in [1.165, 1.54) is 6.07 Å². The van der Waals surface area contributed by atoms with Gasteiger partial charge < -0.3 is 5.32 Å². The molecule has 0 aliphatic heterocycles. The van der Waals surface area contributed by atoms with Gasteiger partial charge in [-0.15, -0.1) is 0 Å². The third-order valence-electron chi connectivity index (χ3n) is 2.43. The van der Waals surface area contributed by atoms with Gasteiger partial charge in [0.2, 0.25) is 0 Å². The van der Waals surface area contributed by atoms with Crippen molar-refractivity contribution < 1.29 is 4.39 Å². The lowest BCUT2D eigenvalue weighted by Gasteiger charge is -2.09. The van der Waals surface area contributed by atoms with Crippen LogP contribution in [0.5, 0.6) is 0 Å². The molecular formula is C13H9Br2ClFN. The predicted molar refractivity (Wildman–Crippen MR) is 80.6 cm³/mol. The Morgan fingerprint density at radius 2 is 1.94 bits per heavy atom. The molecule has 0 bridgehead atoms. The molecule has 0 heterocycles. The van der Waals surface area contributed by atoms with E-state index in [9.17, 15) is 4.39 Å². The Morgan fingerprint density at radius 1 is 1.17 bits per heavy atom. The Bertz CT molecular complexity index is 575. The second-order valence-corrected chi connectivity index (χ2v) is 5.75. The van der Waals surface area contributed by atoms with Crippen molar-refractivity contribution in [1.29, 1.82) is 0 Å². The molecular weight excluding hydrogens is 384 g/mol. The minimum Gasteiger partial charge on any atom is -0.381 e. The van der Waals surface area contributed by atoms with Gasteiger partial charge in [0.15, 0.2) is 0 Å². The van der Waals surface area contributed by atoms with Crippen LogP contribution in [0, 0.1) is 5.82 Å². The zero-order valence-corrected chi connectivity index (χ0v) is 13.1. The fraction of sp³-hybridized carbons (Fsp3) is 0.0769. The Balaban J connectivity index is 2.11. The van der Waals surface area contributed by atoms with Crippen LogP contribution in [0.2, 0.25) is 5.02 Å². The Kier molecular flexibility index (Phi) is 4.65. The number of hydrogen-bond acceptors (Lipinski definition) is 1. The average molecular weight is 393 g/mol. The van der Waals surface area contributed by atoms with E-state index < -0.39 is 0 Å². The standard InChI is InChI=1S/C13H9Br2ClFN/c14-10-6-9(4-5-11(10)16)18-7-8-2-1-3-12(17)13(8)15/h1-6,18H,7H2. The molecule has 2 aromatic carbocycles. The molecule has 0 saturated carbocycles. The number of benzene rings is 2. The maximum atomic E-state index is 13.3. The topological polar surface area (TPSA) is 12.0 Å². The molecule has 5 heteroatoms. The van der Waals surface area contributed by atoms with Crippen LogP contribution in [0.1, 0.15) is 5.56 Å². The molecule has 0 fully saturated rings. The molecule has 18 heavy (non-hydrogen) atoms. The first-order valence-electron chi connectivity index (χ1n) is 5.20. The summed E-state index contributed by atoms with van der Waals surface area (Å²) >= 11 is 12.5. The van der Waals surface area contributed by atoms with E-state index in [2.05, 4.69) is 37.2 Å². The lowest BCUT2D eigenvalue weighted by atomic mass is 10.2. The van der Waals surface area contributed by atoms with Gasteiger partial charge in [-0.25, -0.2) is 4.39 Å². The fourth-order valence-corrected chi connectivity index (χ4v) is 2.39. The minimum atomic E-state index is -0.258. The summed E-state index contributed by atoms with van der Waals surface area (Å²) < 4.78 is 14.6. The Hall–Kier alpha value is -0.580. The first-order chi connectivity index (χ1) is 8.58. The smallest absolute Gasteiger partial charge is 0.137 e. The molecule has 2 rings (SSSR count). The summed E-state index contributed by atoms with van der Waals surface area (Å²) in [7, 11) is 0.